The van der Waals surface area contributed by atoms with Gasteiger partial charge in [0.05, 0.1) is 0 Å². The number of likely N-dealkylation sites (tertiary alicyclic amines) is 1. The largest absolute Gasteiger partial charge is 0.481 e. The Labute approximate surface area is 193 Å². The Hall–Kier alpha value is -3.68. The van der Waals surface area contributed by atoms with Crippen molar-refractivity contribution in [2.45, 2.75) is 44.7 Å². The molecule has 2 aromatic rings. The number of hydrogen-bond acceptors (Lipinski definition) is 4. The molecule has 1 saturated heterocycles. The molecule has 0 bridgehead atoms. The summed E-state index contributed by atoms with van der Waals surface area (Å²) >= 11 is 0. The molecule has 0 aliphatic carbocycles. The van der Waals surface area contributed by atoms with Crippen LogP contribution in [0.25, 0.3) is 0 Å². The van der Waals surface area contributed by atoms with E-state index in [0.717, 1.165) is 0 Å². The second-order valence-corrected chi connectivity index (χ2v) is 8.77. The summed E-state index contributed by atoms with van der Waals surface area (Å²) in [5.41, 5.74) is 5.69. The van der Waals surface area contributed by atoms with E-state index < -0.39 is 17.4 Å². The standard InChI is InChI=1S/C25H30N4O4/c1-16-14-17(15-21(30)31)12-13-29(16)24(33)25(2,20-6-4-3-5-7-20)28-23(32)19-10-8-18(9-11-19)22(26)27/h3-11,16-17H,12-15H2,1-2H3,(H3,26,27)(H,28,32)(H,30,31)/t16?,17?,25-/m1/s1. The molecule has 2 aromatic carbocycles. The van der Waals surface area contributed by atoms with Crippen LogP contribution < -0.4 is 11.1 Å². The van der Waals surface area contributed by atoms with Crippen LogP contribution in [-0.2, 0) is 15.1 Å². The van der Waals surface area contributed by atoms with Gasteiger partial charge in [-0.1, -0.05) is 42.5 Å². The number of benzene rings is 2. The monoisotopic (exact) mass is 450 g/mol. The molecule has 1 aliphatic heterocycles. The first kappa shape index (κ1) is 24.0. The van der Waals surface area contributed by atoms with Crippen molar-refractivity contribution in [3.05, 3.63) is 71.3 Å². The molecule has 1 aliphatic rings. The van der Waals surface area contributed by atoms with Gasteiger partial charge in [-0.15, -0.1) is 0 Å². The first-order valence-corrected chi connectivity index (χ1v) is 11.0. The van der Waals surface area contributed by atoms with Crippen LogP contribution in [0.15, 0.2) is 54.6 Å². The van der Waals surface area contributed by atoms with E-state index in [9.17, 15) is 14.4 Å². The van der Waals surface area contributed by atoms with E-state index in [-0.39, 0.29) is 30.1 Å². The van der Waals surface area contributed by atoms with Gasteiger partial charge >= 0.3 is 5.97 Å². The number of amidine groups is 1. The molecule has 8 nitrogen and oxygen atoms in total. The highest BCUT2D eigenvalue weighted by atomic mass is 16.4. The zero-order valence-electron chi connectivity index (χ0n) is 18.9. The van der Waals surface area contributed by atoms with Crippen LogP contribution in [0, 0.1) is 11.3 Å². The van der Waals surface area contributed by atoms with Gasteiger partial charge in [-0.25, -0.2) is 0 Å². The highest BCUT2D eigenvalue weighted by Crippen LogP contribution is 2.31. The van der Waals surface area contributed by atoms with Crippen molar-refractivity contribution in [3.8, 4) is 0 Å². The number of nitrogens with one attached hydrogen (secondary N) is 2. The number of carboxylic acid groups (broad SMARTS) is 1. The van der Waals surface area contributed by atoms with Gasteiger partial charge in [0, 0.05) is 30.1 Å². The molecule has 174 valence electrons. The number of carboxylic acids is 1. The van der Waals surface area contributed by atoms with E-state index in [4.69, 9.17) is 16.2 Å². The number of rotatable bonds is 7. The van der Waals surface area contributed by atoms with Crippen molar-refractivity contribution in [2.75, 3.05) is 6.54 Å². The van der Waals surface area contributed by atoms with E-state index in [2.05, 4.69) is 5.32 Å². The molecule has 5 N–H and O–H groups in total. The van der Waals surface area contributed by atoms with Gasteiger partial charge in [0.15, 0.2) is 0 Å². The minimum Gasteiger partial charge on any atom is -0.481 e. The van der Waals surface area contributed by atoms with Crippen LogP contribution in [0.1, 0.15) is 54.6 Å². The van der Waals surface area contributed by atoms with E-state index in [1.165, 1.54) is 0 Å². The fraction of sp³-hybridized carbons (Fsp3) is 0.360. The topological polar surface area (TPSA) is 137 Å². The quantitative estimate of drug-likeness (QED) is 0.380. The molecule has 0 spiro atoms. The Balaban J connectivity index is 1.86. The van der Waals surface area contributed by atoms with Gasteiger partial charge < -0.3 is 21.1 Å². The van der Waals surface area contributed by atoms with E-state index in [0.29, 0.717) is 36.1 Å². The summed E-state index contributed by atoms with van der Waals surface area (Å²) < 4.78 is 0. The average Bonchev–Trinajstić information content (AvgIpc) is 2.79. The van der Waals surface area contributed by atoms with Crippen LogP contribution in [0.3, 0.4) is 0 Å². The summed E-state index contributed by atoms with van der Waals surface area (Å²) in [6.07, 6.45) is 1.30. The Morgan fingerprint density at radius 3 is 2.27 bits per heavy atom. The lowest BCUT2D eigenvalue weighted by Gasteiger charge is -2.42. The smallest absolute Gasteiger partial charge is 0.303 e. The van der Waals surface area contributed by atoms with Gasteiger partial charge in [-0.2, -0.15) is 0 Å². The number of hydrogen-bond donors (Lipinski definition) is 4. The van der Waals surface area contributed by atoms with Crippen molar-refractivity contribution in [1.82, 2.24) is 10.2 Å². The molecule has 2 amide bonds. The molecule has 3 rings (SSSR count). The zero-order valence-corrected chi connectivity index (χ0v) is 18.9. The van der Waals surface area contributed by atoms with Crippen molar-refractivity contribution in [2.24, 2.45) is 11.7 Å². The molecule has 33 heavy (non-hydrogen) atoms. The van der Waals surface area contributed by atoms with Crippen LogP contribution in [0.2, 0.25) is 0 Å². The van der Waals surface area contributed by atoms with Crippen molar-refractivity contribution >= 4 is 23.6 Å². The first-order chi connectivity index (χ1) is 15.6. The predicted molar refractivity (Wildman–Crippen MR) is 125 cm³/mol. The Morgan fingerprint density at radius 1 is 1.12 bits per heavy atom. The van der Waals surface area contributed by atoms with Crippen LogP contribution in [-0.4, -0.2) is 46.2 Å². The molecule has 1 heterocycles. The summed E-state index contributed by atoms with van der Waals surface area (Å²) in [5.74, 6) is -1.54. The summed E-state index contributed by atoms with van der Waals surface area (Å²) in [5, 5.41) is 19.5. The van der Waals surface area contributed by atoms with Crippen molar-refractivity contribution in [3.63, 3.8) is 0 Å². The van der Waals surface area contributed by atoms with Crippen molar-refractivity contribution < 1.29 is 19.5 Å². The first-order valence-electron chi connectivity index (χ1n) is 11.0. The lowest BCUT2D eigenvalue weighted by atomic mass is 9.85. The molecular formula is C25H30N4O4. The fourth-order valence-corrected chi connectivity index (χ4v) is 4.41. The van der Waals surface area contributed by atoms with Crippen molar-refractivity contribution in [1.29, 1.82) is 5.41 Å². The third-order valence-corrected chi connectivity index (χ3v) is 6.31. The number of nitrogens with zero attached hydrogens (tertiary/aromatic N) is 1. The Kier molecular flexibility index (Phi) is 7.16. The summed E-state index contributed by atoms with van der Waals surface area (Å²) in [6.45, 7) is 4.05. The maximum absolute atomic E-state index is 13.8. The number of carbonyl (C=O) groups excluding carboxylic acids is 2. The molecule has 8 heteroatoms. The maximum atomic E-state index is 13.8. The lowest BCUT2D eigenvalue weighted by Crippen LogP contribution is -2.59. The SMILES string of the molecule is CC1CC(CC(=O)O)CCN1C(=O)[C@](C)(NC(=O)c1ccc(C(=N)N)cc1)c1ccccc1. The third-order valence-electron chi connectivity index (χ3n) is 6.31. The number of piperidine rings is 1. The average molecular weight is 451 g/mol. The lowest BCUT2D eigenvalue weighted by molar-refractivity contribution is -0.143. The fourth-order valence-electron chi connectivity index (χ4n) is 4.41. The normalized spacial score (nSPS) is 19.9. The zero-order chi connectivity index (χ0) is 24.2. The summed E-state index contributed by atoms with van der Waals surface area (Å²) in [6, 6.07) is 15.3. The summed E-state index contributed by atoms with van der Waals surface area (Å²) in [4.78, 5) is 39.8. The molecule has 0 radical (unpaired) electrons. The third kappa shape index (κ3) is 5.39. The van der Waals surface area contributed by atoms with Gasteiger partial charge in [0.2, 0.25) is 0 Å². The maximum Gasteiger partial charge on any atom is 0.303 e. The van der Waals surface area contributed by atoms with Crippen LogP contribution >= 0.6 is 0 Å². The van der Waals surface area contributed by atoms with Gasteiger partial charge in [-0.05, 0) is 50.3 Å². The number of aliphatic carboxylic acids is 1. The molecule has 1 fully saturated rings. The molecule has 3 atom stereocenters. The van der Waals surface area contributed by atoms with E-state index in [1.54, 1.807) is 48.2 Å². The van der Waals surface area contributed by atoms with E-state index >= 15 is 0 Å². The van der Waals surface area contributed by atoms with Gasteiger partial charge in [0.25, 0.3) is 11.8 Å². The Morgan fingerprint density at radius 2 is 1.73 bits per heavy atom. The molecule has 0 aromatic heterocycles. The van der Waals surface area contributed by atoms with Crippen LogP contribution in [0.4, 0.5) is 0 Å². The predicted octanol–water partition coefficient (Wildman–Crippen LogP) is 2.72. The second kappa shape index (κ2) is 9.85. The van der Waals surface area contributed by atoms with E-state index in [1.807, 2.05) is 25.1 Å². The van der Waals surface area contributed by atoms with Gasteiger partial charge in [0.1, 0.15) is 11.4 Å². The number of nitrogen functional groups attached to an aromatic ring is 1. The minimum absolute atomic E-state index is 0.0268. The summed E-state index contributed by atoms with van der Waals surface area (Å²) in [7, 11) is 0. The minimum atomic E-state index is -1.31. The Bertz CT molecular complexity index is 1040. The molecule has 0 saturated carbocycles. The molecular weight excluding hydrogens is 420 g/mol. The number of carbonyl (C=O) groups is 3. The highest BCUT2D eigenvalue weighted by molar-refractivity contribution is 6.01. The molecule has 2 unspecified atom stereocenters. The highest BCUT2D eigenvalue weighted by Gasteiger charge is 2.43. The number of amides is 2. The van der Waals surface area contributed by atoms with Gasteiger partial charge in [-0.3, -0.25) is 19.8 Å². The van der Waals surface area contributed by atoms with Crippen LogP contribution in [0.5, 0.6) is 0 Å². The second-order valence-electron chi connectivity index (χ2n) is 8.77. The number of nitrogens with two attached hydrogens (primary N) is 1.